The number of hydrogen-bond acceptors (Lipinski definition) is 5. The number of carbonyl (C=O) groups is 1. The lowest BCUT2D eigenvalue weighted by atomic mass is 10.1. The maximum atomic E-state index is 12.6. The van der Waals surface area contributed by atoms with Crippen LogP contribution in [0.1, 0.15) is 15.9 Å². The van der Waals surface area contributed by atoms with Crippen molar-refractivity contribution in [1.82, 2.24) is 24.4 Å². The van der Waals surface area contributed by atoms with E-state index in [2.05, 4.69) is 19.9 Å². The molecule has 0 atom stereocenters. The van der Waals surface area contributed by atoms with Gasteiger partial charge in [-0.2, -0.15) is 0 Å². The molecule has 0 bridgehead atoms. The Kier molecular flexibility index (Phi) is 4.35. The maximum Gasteiger partial charge on any atom is 0.253 e. The maximum absolute atomic E-state index is 12.6. The Hall–Kier alpha value is -3.22. The predicted octanol–water partition coefficient (Wildman–Crippen LogP) is 1.93. The Morgan fingerprint density at radius 1 is 1.00 bits per heavy atom. The van der Waals surface area contributed by atoms with Crippen LogP contribution in [0.15, 0.2) is 55.4 Å². The number of amides is 1. The topological polar surface area (TPSA) is 67.2 Å². The van der Waals surface area contributed by atoms with Gasteiger partial charge in [-0.05, 0) is 19.1 Å². The average Bonchev–Trinajstić information content (AvgIpc) is 3.23. The Balaban J connectivity index is 1.43. The van der Waals surface area contributed by atoms with E-state index in [9.17, 15) is 4.79 Å². The zero-order chi connectivity index (χ0) is 17.9. The number of carbonyl (C=O) groups excluding carboxylic acids is 1. The lowest BCUT2D eigenvalue weighted by Crippen LogP contribution is -2.49. The summed E-state index contributed by atoms with van der Waals surface area (Å²) >= 11 is 0. The van der Waals surface area contributed by atoms with Crippen molar-refractivity contribution in [2.45, 2.75) is 6.92 Å². The third-order valence-electron chi connectivity index (χ3n) is 4.60. The first-order chi connectivity index (χ1) is 12.7. The number of hydrogen-bond donors (Lipinski definition) is 0. The minimum atomic E-state index is 0.0893. The van der Waals surface area contributed by atoms with Gasteiger partial charge in [0, 0.05) is 50.2 Å². The molecule has 7 heteroatoms. The number of imidazole rings is 1. The Bertz CT molecular complexity index is 883. The predicted molar refractivity (Wildman–Crippen MR) is 98.4 cm³/mol. The van der Waals surface area contributed by atoms with Gasteiger partial charge in [0.1, 0.15) is 24.3 Å². The Morgan fingerprint density at radius 3 is 2.42 bits per heavy atom. The number of anilines is 1. The minimum Gasteiger partial charge on any atom is -0.353 e. The molecule has 3 aromatic rings. The summed E-state index contributed by atoms with van der Waals surface area (Å²) in [5.74, 6) is 1.74. The highest BCUT2D eigenvalue weighted by Gasteiger charge is 2.23. The van der Waals surface area contributed by atoms with Crippen molar-refractivity contribution in [3.8, 4) is 5.82 Å². The van der Waals surface area contributed by atoms with Gasteiger partial charge in [-0.3, -0.25) is 9.36 Å². The van der Waals surface area contributed by atoms with Gasteiger partial charge in [0.15, 0.2) is 0 Å². The van der Waals surface area contributed by atoms with Crippen molar-refractivity contribution < 1.29 is 4.79 Å². The second-order valence-corrected chi connectivity index (χ2v) is 6.35. The van der Waals surface area contributed by atoms with E-state index in [1.807, 2.05) is 52.9 Å². The van der Waals surface area contributed by atoms with E-state index < -0.39 is 0 Å². The third kappa shape index (κ3) is 3.28. The molecule has 1 saturated heterocycles. The first-order valence-electron chi connectivity index (χ1n) is 8.62. The van der Waals surface area contributed by atoms with Gasteiger partial charge in [-0.1, -0.05) is 17.7 Å². The van der Waals surface area contributed by atoms with Crippen molar-refractivity contribution in [2.24, 2.45) is 0 Å². The van der Waals surface area contributed by atoms with Crippen molar-refractivity contribution in [1.29, 1.82) is 0 Å². The fourth-order valence-corrected chi connectivity index (χ4v) is 3.06. The SMILES string of the molecule is Cc1ccc(C(=O)N2CCN(c3cc(-n4ccnc4)ncn3)CC2)cc1. The van der Waals surface area contributed by atoms with Gasteiger partial charge in [-0.15, -0.1) is 0 Å². The lowest BCUT2D eigenvalue weighted by molar-refractivity contribution is 0.0746. The molecule has 7 nitrogen and oxygen atoms in total. The first-order valence-corrected chi connectivity index (χ1v) is 8.62. The number of piperazine rings is 1. The summed E-state index contributed by atoms with van der Waals surface area (Å²) in [6, 6.07) is 9.68. The minimum absolute atomic E-state index is 0.0893. The second kappa shape index (κ2) is 6.95. The van der Waals surface area contributed by atoms with Crippen LogP contribution in [0.25, 0.3) is 5.82 Å². The van der Waals surface area contributed by atoms with E-state index >= 15 is 0 Å². The van der Waals surface area contributed by atoms with Crippen LogP contribution in [0.2, 0.25) is 0 Å². The van der Waals surface area contributed by atoms with E-state index in [0.717, 1.165) is 35.9 Å². The van der Waals surface area contributed by atoms with Gasteiger partial charge >= 0.3 is 0 Å². The van der Waals surface area contributed by atoms with E-state index in [1.54, 1.807) is 18.9 Å². The van der Waals surface area contributed by atoms with Crippen LogP contribution in [0.4, 0.5) is 5.82 Å². The molecule has 1 aliphatic rings. The van der Waals surface area contributed by atoms with E-state index in [4.69, 9.17) is 0 Å². The molecule has 0 saturated carbocycles. The number of rotatable bonds is 3. The average molecular weight is 348 g/mol. The Morgan fingerprint density at radius 2 is 1.73 bits per heavy atom. The molecular formula is C19H20N6O. The number of nitrogens with zero attached hydrogens (tertiary/aromatic N) is 6. The molecule has 0 unspecified atom stereocenters. The Labute approximate surface area is 151 Å². The van der Waals surface area contributed by atoms with Crippen LogP contribution >= 0.6 is 0 Å². The highest BCUT2D eigenvalue weighted by atomic mass is 16.2. The van der Waals surface area contributed by atoms with Gasteiger partial charge in [0.2, 0.25) is 0 Å². The molecule has 132 valence electrons. The molecule has 2 aromatic heterocycles. The summed E-state index contributed by atoms with van der Waals surface area (Å²) in [6.07, 6.45) is 6.85. The molecule has 4 rings (SSSR count). The highest BCUT2D eigenvalue weighted by molar-refractivity contribution is 5.94. The second-order valence-electron chi connectivity index (χ2n) is 6.35. The summed E-state index contributed by atoms with van der Waals surface area (Å²) in [7, 11) is 0. The van der Waals surface area contributed by atoms with Crippen LogP contribution in [0, 0.1) is 6.92 Å². The van der Waals surface area contributed by atoms with Crippen molar-refractivity contribution in [3.05, 3.63) is 66.5 Å². The van der Waals surface area contributed by atoms with Crippen LogP contribution in [-0.4, -0.2) is 56.5 Å². The van der Waals surface area contributed by atoms with Gasteiger partial charge in [-0.25, -0.2) is 15.0 Å². The monoisotopic (exact) mass is 348 g/mol. The van der Waals surface area contributed by atoms with Crippen LogP contribution in [0.5, 0.6) is 0 Å². The number of aromatic nitrogens is 4. The number of benzene rings is 1. The summed E-state index contributed by atoms with van der Waals surface area (Å²) in [5, 5.41) is 0. The molecule has 1 fully saturated rings. The molecule has 1 amide bonds. The fraction of sp³-hybridized carbons (Fsp3) is 0.263. The molecule has 0 N–H and O–H groups in total. The molecule has 0 radical (unpaired) electrons. The molecule has 0 spiro atoms. The van der Waals surface area contributed by atoms with E-state index in [0.29, 0.717) is 13.1 Å². The summed E-state index contributed by atoms with van der Waals surface area (Å²) in [5.41, 5.74) is 1.90. The fourth-order valence-electron chi connectivity index (χ4n) is 3.06. The molecule has 1 aromatic carbocycles. The van der Waals surface area contributed by atoms with Crippen molar-refractivity contribution in [2.75, 3.05) is 31.1 Å². The van der Waals surface area contributed by atoms with Crippen molar-refractivity contribution >= 4 is 11.7 Å². The quantitative estimate of drug-likeness (QED) is 0.724. The van der Waals surface area contributed by atoms with Gasteiger partial charge < -0.3 is 9.80 Å². The summed E-state index contributed by atoms with van der Waals surface area (Å²) in [6.45, 7) is 4.87. The lowest BCUT2D eigenvalue weighted by Gasteiger charge is -2.35. The highest BCUT2D eigenvalue weighted by Crippen LogP contribution is 2.17. The summed E-state index contributed by atoms with van der Waals surface area (Å²) < 4.78 is 1.85. The normalized spacial score (nSPS) is 14.5. The smallest absolute Gasteiger partial charge is 0.253 e. The van der Waals surface area contributed by atoms with Crippen LogP contribution in [0.3, 0.4) is 0 Å². The zero-order valence-electron chi connectivity index (χ0n) is 14.6. The van der Waals surface area contributed by atoms with Crippen LogP contribution in [-0.2, 0) is 0 Å². The standard InChI is InChI=1S/C19H20N6O/c1-15-2-4-16(5-3-15)19(26)24-10-8-23(9-11-24)17-12-18(22-13-21-17)25-7-6-20-14-25/h2-7,12-14H,8-11H2,1H3. The van der Waals surface area contributed by atoms with Gasteiger partial charge in [0.05, 0.1) is 0 Å². The van der Waals surface area contributed by atoms with Crippen LogP contribution < -0.4 is 4.90 Å². The number of aryl methyl sites for hydroxylation is 1. The van der Waals surface area contributed by atoms with E-state index in [-0.39, 0.29) is 5.91 Å². The zero-order valence-corrected chi connectivity index (χ0v) is 14.6. The molecular weight excluding hydrogens is 328 g/mol. The molecule has 1 aliphatic heterocycles. The van der Waals surface area contributed by atoms with E-state index in [1.165, 1.54) is 0 Å². The molecule has 0 aliphatic carbocycles. The van der Waals surface area contributed by atoms with Crippen molar-refractivity contribution in [3.63, 3.8) is 0 Å². The third-order valence-corrected chi connectivity index (χ3v) is 4.60. The molecule has 26 heavy (non-hydrogen) atoms. The largest absolute Gasteiger partial charge is 0.353 e. The van der Waals surface area contributed by atoms with Gasteiger partial charge in [0.25, 0.3) is 5.91 Å². The summed E-state index contributed by atoms with van der Waals surface area (Å²) in [4.78, 5) is 29.4. The first kappa shape index (κ1) is 16.3. The molecule has 3 heterocycles.